The van der Waals surface area contributed by atoms with Crippen molar-refractivity contribution < 1.29 is 10.0 Å². The molecular formula is C14H15N5O2. The van der Waals surface area contributed by atoms with Gasteiger partial charge < -0.3 is 21.6 Å². The van der Waals surface area contributed by atoms with Gasteiger partial charge in [0.1, 0.15) is 5.69 Å². The average Bonchev–Trinajstić information content (AvgIpc) is 2.53. The number of rotatable bonds is 4. The summed E-state index contributed by atoms with van der Waals surface area (Å²) in [5.41, 5.74) is 13.2. The third kappa shape index (κ3) is 3.08. The largest absolute Gasteiger partial charge is 0.409 e. The third-order valence-corrected chi connectivity index (χ3v) is 3.04. The van der Waals surface area contributed by atoms with Gasteiger partial charge in [-0.25, -0.2) is 0 Å². The van der Waals surface area contributed by atoms with Crippen molar-refractivity contribution in [2.75, 3.05) is 11.9 Å². The minimum absolute atomic E-state index is 0.0455. The van der Waals surface area contributed by atoms with Gasteiger partial charge in [-0.05, 0) is 36.4 Å². The Morgan fingerprint density at radius 1 is 1.19 bits per heavy atom. The van der Waals surface area contributed by atoms with E-state index in [0.717, 1.165) is 11.4 Å². The number of nitrogens with zero attached hydrogens (tertiary/aromatic N) is 3. The summed E-state index contributed by atoms with van der Waals surface area (Å²) in [6.45, 7) is 0. The molecule has 0 aliphatic heterocycles. The first-order valence-electron chi connectivity index (χ1n) is 6.10. The average molecular weight is 285 g/mol. The van der Waals surface area contributed by atoms with Crippen LogP contribution in [0, 0.1) is 0 Å². The molecule has 7 nitrogen and oxygen atoms in total. The van der Waals surface area contributed by atoms with Gasteiger partial charge in [-0.2, -0.15) is 0 Å². The van der Waals surface area contributed by atoms with E-state index in [1.807, 2.05) is 24.1 Å². The summed E-state index contributed by atoms with van der Waals surface area (Å²) in [5, 5.41) is 11.6. The molecule has 7 heteroatoms. The number of amides is 1. The molecule has 108 valence electrons. The van der Waals surface area contributed by atoms with Crippen molar-refractivity contribution in [1.29, 1.82) is 0 Å². The molecule has 0 bridgehead atoms. The highest BCUT2D eigenvalue weighted by Gasteiger charge is 2.08. The van der Waals surface area contributed by atoms with Crippen LogP contribution in [0.5, 0.6) is 0 Å². The predicted octanol–water partition coefficient (Wildman–Crippen LogP) is 1.04. The molecule has 1 heterocycles. The van der Waals surface area contributed by atoms with Crippen molar-refractivity contribution in [3.63, 3.8) is 0 Å². The van der Waals surface area contributed by atoms with Crippen molar-refractivity contribution in [2.24, 2.45) is 16.6 Å². The first-order valence-corrected chi connectivity index (χ1v) is 6.10. The third-order valence-electron chi connectivity index (χ3n) is 3.04. The normalized spacial score (nSPS) is 11.2. The van der Waals surface area contributed by atoms with Gasteiger partial charge in [-0.3, -0.25) is 9.78 Å². The number of hydrogen-bond acceptors (Lipinski definition) is 5. The number of benzene rings is 1. The van der Waals surface area contributed by atoms with E-state index in [1.54, 1.807) is 24.3 Å². The maximum atomic E-state index is 11.2. The number of hydrogen-bond donors (Lipinski definition) is 3. The summed E-state index contributed by atoms with van der Waals surface area (Å²) in [5.74, 6) is -0.531. The highest BCUT2D eigenvalue weighted by Crippen LogP contribution is 2.23. The lowest BCUT2D eigenvalue weighted by atomic mass is 10.1. The van der Waals surface area contributed by atoms with Crippen molar-refractivity contribution in [1.82, 2.24) is 4.98 Å². The fraction of sp³-hybridized carbons (Fsp3) is 0.0714. The Morgan fingerprint density at radius 2 is 1.86 bits per heavy atom. The molecule has 0 unspecified atom stereocenters. The smallest absolute Gasteiger partial charge is 0.267 e. The van der Waals surface area contributed by atoms with E-state index >= 15 is 0 Å². The van der Waals surface area contributed by atoms with E-state index in [9.17, 15) is 4.79 Å². The van der Waals surface area contributed by atoms with Crippen LogP contribution in [0.3, 0.4) is 0 Å². The zero-order valence-electron chi connectivity index (χ0n) is 11.4. The molecule has 0 aliphatic carbocycles. The number of amidine groups is 1. The molecule has 2 rings (SSSR count). The second kappa shape index (κ2) is 5.91. The van der Waals surface area contributed by atoms with Gasteiger partial charge in [-0.1, -0.05) is 5.16 Å². The SMILES string of the molecule is CN(c1ccc(C(N)=NO)cc1)c1ccnc(C(N)=O)c1. The van der Waals surface area contributed by atoms with Crippen LogP contribution >= 0.6 is 0 Å². The van der Waals surface area contributed by atoms with Crippen molar-refractivity contribution in [3.05, 3.63) is 53.9 Å². The van der Waals surface area contributed by atoms with Crippen molar-refractivity contribution >= 4 is 23.1 Å². The molecule has 0 spiro atoms. The summed E-state index contributed by atoms with van der Waals surface area (Å²) in [6.07, 6.45) is 1.52. The molecule has 0 saturated heterocycles. The lowest BCUT2D eigenvalue weighted by Gasteiger charge is -2.20. The fourth-order valence-corrected chi connectivity index (χ4v) is 1.83. The number of aromatic nitrogens is 1. The van der Waals surface area contributed by atoms with E-state index in [4.69, 9.17) is 16.7 Å². The monoisotopic (exact) mass is 285 g/mol. The van der Waals surface area contributed by atoms with Crippen molar-refractivity contribution in [3.8, 4) is 0 Å². The van der Waals surface area contributed by atoms with Gasteiger partial charge in [0.2, 0.25) is 0 Å². The quantitative estimate of drug-likeness (QED) is 0.336. The molecular weight excluding hydrogens is 270 g/mol. The van der Waals surface area contributed by atoms with Crippen LogP contribution < -0.4 is 16.4 Å². The maximum Gasteiger partial charge on any atom is 0.267 e. The molecule has 0 aliphatic rings. The van der Waals surface area contributed by atoms with Gasteiger partial charge >= 0.3 is 0 Å². The van der Waals surface area contributed by atoms with Gasteiger partial charge in [0.25, 0.3) is 5.91 Å². The van der Waals surface area contributed by atoms with E-state index in [0.29, 0.717) is 5.56 Å². The predicted molar refractivity (Wildman–Crippen MR) is 79.8 cm³/mol. The van der Waals surface area contributed by atoms with E-state index in [1.165, 1.54) is 6.20 Å². The fourth-order valence-electron chi connectivity index (χ4n) is 1.83. The second-order valence-electron chi connectivity index (χ2n) is 4.35. The Morgan fingerprint density at radius 3 is 2.43 bits per heavy atom. The summed E-state index contributed by atoms with van der Waals surface area (Å²) in [6, 6.07) is 10.5. The molecule has 0 saturated carbocycles. The number of carbonyl (C=O) groups excluding carboxylic acids is 1. The zero-order chi connectivity index (χ0) is 15.4. The molecule has 0 radical (unpaired) electrons. The summed E-state index contributed by atoms with van der Waals surface area (Å²) in [4.78, 5) is 16.9. The number of nitrogens with two attached hydrogens (primary N) is 2. The van der Waals surface area contributed by atoms with E-state index in [2.05, 4.69) is 10.1 Å². The molecule has 21 heavy (non-hydrogen) atoms. The Bertz CT molecular complexity index is 682. The van der Waals surface area contributed by atoms with Gasteiger partial charge in [0, 0.05) is 30.2 Å². The van der Waals surface area contributed by atoms with Crippen LogP contribution in [-0.4, -0.2) is 29.0 Å². The highest BCUT2D eigenvalue weighted by atomic mass is 16.4. The lowest BCUT2D eigenvalue weighted by molar-refractivity contribution is 0.0995. The Kier molecular flexibility index (Phi) is 4.03. The first-order chi connectivity index (χ1) is 10.0. The molecule has 1 amide bonds. The molecule has 2 aromatic rings. The topological polar surface area (TPSA) is 118 Å². The van der Waals surface area contributed by atoms with Crippen LogP contribution in [0.15, 0.2) is 47.8 Å². The number of pyridine rings is 1. The molecule has 1 aromatic carbocycles. The van der Waals surface area contributed by atoms with Gasteiger partial charge in [0.05, 0.1) is 0 Å². The van der Waals surface area contributed by atoms with Crippen LogP contribution in [0.1, 0.15) is 16.1 Å². The first kappa shape index (κ1) is 14.3. The minimum atomic E-state index is -0.576. The number of anilines is 2. The summed E-state index contributed by atoms with van der Waals surface area (Å²) in [7, 11) is 1.85. The Balaban J connectivity index is 2.29. The zero-order valence-corrected chi connectivity index (χ0v) is 11.4. The maximum absolute atomic E-state index is 11.2. The Labute approximate surface area is 121 Å². The van der Waals surface area contributed by atoms with E-state index < -0.39 is 5.91 Å². The second-order valence-corrected chi connectivity index (χ2v) is 4.35. The molecule has 0 atom stereocenters. The molecule has 0 fully saturated rings. The highest BCUT2D eigenvalue weighted by molar-refractivity contribution is 5.97. The summed E-state index contributed by atoms with van der Waals surface area (Å²) >= 11 is 0. The number of carbonyl (C=O) groups is 1. The van der Waals surface area contributed by atoms with Crippen LogP contribution in [0.25, 0.3) is 0 Å². The summed E-state index contributed by atoms with van der Waals surface area (Å²) < 4.78 is 0. The van der Waals surface area contributed by atoms with Crippen LogP contribution in [0.2, 0.25) is 0 Å². The minimum Gasteiger partial charge on any atom is -0.409 e. The number of primary amides is 1. The number of oxime groups is 1. The van der Waals surface area contributed by atoms with E-state index in [-0.39, 0.29) is 11.5 Å². The standard InChI is InChI=1S/C14H15N5O2/c1-19(11-6-7-17-12(8-11)14(16)20)10-4-2-9(3-5-10)13(15)18-21/h2-8,21H,1H3,(H2,15,18)(H2,16,20). The van der Waals surface area contributed by atoms with Crippen LogP contribution in [-0.2, 0) is 0 Å². The van der Waals surface area contributed by atoms with Gasteiger partial charge in [0.15, 0.2) is 5.84 Å². The molecule has 1 aromatic heterocycles. The Hall–Kier alpha value is -3.09. The molecule has 5 N–H and O–H groups in total. The van der Waals surface area contributed by atoms with Gasteiger partial charge in [-0.15, -0.1) is 0 Å². The lowest BCUT2D eigenvalue weighted by Crippen LogP contribution is -2.16. The van der Waals surface area contributed by atoms with Crippen molar-refractivity contribution in [2.45, 2.75) is 0 Å². The van der Waals surface area contributed by atoms with Crippen LogP contribution in [0.4, 0.5) is 11.4 Å².